The van der Waals surface area contributed by atoms with Crippen molar-refractivity contribution in [2.75, 3.05) is 52.5 Å². The summed E-state index contributed by atoms with van der Waals surface area (Å²) in [6.07, 6.45) is -1.19. The van der Waals surface area contributed by atoms with Crippen LogP contribution in [0.3, 0.4) is 0 Å². The van der Waals surface area contributed by atoms with Gasteiger partial charge in [0.25, 0.3) is 0 Å². The highest BCUT2D eigenvalue weighted by Crippen LogP contribution is 2.26. The summed E-state index contributed by atoms with van der Waals surface area (Å²) in [5.41, 5.74) is -0.515. The molecule has 4 N–H and O–H groups in total. The number of rotatable bonds is 12. The molecule has 6 aromatic rings. The number of aliphatic hydroxyl groups excluding tert-OH is 2. The second-order valence-corrected chi connectivity index (χ2v) is 14.0. The van der Waals surface area contributed by atoms with E-state index >= 15 is 0 Å². The molecule has 0 bridgehead atoms. The van der Waals surface area contributed by atoms with Crippen LogP contribution in [0.25, 0.3) is 32.2 Å². The molecule has 3 aromatic heterocycles. The molecule has 298 valence electrons. The number of amides is 1. The fourth-order valence-corrected chi connectivity index (χ4v) is 7.05. The van der Waals surface area contributed by atoms with E-state index in [1.54, 1.807) is 23.1 Å². The van der Waals surface area contributed by atoms with E-state index in [0.717, 1.165) is 41.3 Å². The van der Waals surface area contributed by atoms with Gasteiger partial charge in [0, 0.05) is 49.9 Å². The number of halogens is 1. The van der Waals surface area contributed by atoms with E-state index in [4.69, 9.17) is 45.2 Å². The summed E-state index contributed by atoms with van der Waals surface area (Å²) in [6.45, 7) is 2.94. The average molecular weight is 824 g/mol. The van der Waals surface area contributed by atoms with Gasteiger partial charge in [0.2, 0.25) is 17.4 Å². The Hall–Kier alpha value is -6.05. The van der Waals surface area contributed by atoms with Gasteiger partial charge in [-0.2, -0.15) is 0 Å². The Morgan fingerprint density at radius 3 is 1.84 bits per heavy atom. The van der Waals surface area contributed by atoms with Gasteiger partial charge in [0.05, 0.1) is 16.8 Å². The Bertz CT molecular complexity index is 2530. The lowest BCUT2D eigenvalue weighted by Crippen LogP contribution is -2.50. The standard InChI is InChI=1S/C23H16O11.C15H18ClN3O3S/c24-11(9-31-14-3-1-5-16-20(14)12(25)7-18(33-16)22(27)28)10-32-15-4-2-6-17-21(15)13(26)8-19(34-17)23(29)30;16-11-1-2-13-12(9-11)19(15(22)23-13)10-14(21)18-5-3-17(4-6-18)7-8-20/h1-8,11,24H,9-10H2,(H,27,28)(H,29,30);1-2,9,20H,3-8,10H2. The van der Waals surface area contributed by atoms with E-state index in [1.165, 1.54) is 41.0 Å². The minimum absolute atomic E-state index is 0.0105. The quantitative estimate of drug-likeness (QED) is 0.139. The summed E-state index contributed by atoms with van der Waals surface area (Å²) in [5, 5.41) is 37.9. The molecule has 0 atom stereocenters. The van der Waals surface area contributed by atoms with Crippen molar-refractivity contribution in [3.8, 4) is 11.5 Å². The van der Waals surface area contributed by atoms with Crippen molar-refractivity contribution < 1.29 is 53.1 Å². The fraction of sp³-hybridized carbons (Fsp3) is 0.263. The number of carboxylic acid groups (broad SMARTS) is 2. The van der Waals surface area contributed by atoms with Gasteiger partial charge >= 0.3 is 16.8 Å². The van der Waals surface area contributed by atoms with Crippen LogP contribution in [-0.4, -0.2) is 111 Å². The molecule has 1 amide bonds. The Kier molecular flexibility index (Phi) is 12.7. The van der Waals surface area contributed by atoms with Crippen LogP contribution in [0.15, 0.2) is 89.9 Å². The van der Waals surface area contributed by atoms with Gasteiger partial charge in [-0.1, -0.05) is 35.1 Å². The summed E-state index contributed by atoms with van der Waals surface area (Å²) in [5.74, 6) is -3.71. The van der Waals surface area contributed by atoms with Crippen molar-refractivity contribution in [1.82, 2.24) is 14.4 Å². The highest BCUT2D eigenvalue weighted by molar-refractivity contribution is 7.16. The van der Waals surface area contributed by atoms with E-state index < -0.39 is 40.4 Å². The number of aliphatic hydroxyl groups is 2. The molecule has 1 aliphatic rings. The Morgan fingerprint density at radius 1 is 0.789 bits per heavy atom. The average Bonchev–Trinajstić information content (AvgIpc) is 3.49. The van der Waals surface area contributed by atoms with Crippen molar-refractivity contribution in [2.24, 2.45) is 0 Å². The van der Waals surface area contributed by atoms with Crippen LogP contribution in [0.5, 0.6) is 11.5 Å². The van der Waals surface area contributed by atoms with Crippen molar-refractivity contribution in [3.05, 3.63) is 113 Å². The minimum atomic E-state index is -1.39. The number of benzene rings is 3. The summed E-state index contributed by atoms with van der Waals surface area (Å²) in [6, 6.07) is 15.7. The molecule has 0 spiro atoms. The highest BCUT2D eigenvalue weighted by Gasteiger charge is 2.23. The molecule has 0 radical (unpaired) electrons. The van der Waals surface area contributed by atoms with Crippen molar-refractivity contribution in [1.29, 1.82) is 0 Å². The molecular formula is C38H34ClN3O14S. The first-order valence-electron chi connectivity index (χ1n) is 17.3. The monoisotopic (exact) mass is 823 g/mol. The number of β-amino-alcohol motifs (C(OH)–C–C–N with tert-alkyl or cyclic N) is 1. The molecule has 3 aromatic carbocycles. The molecule has 1 saturated heterocycles. The smallest absolute Gasteiger partial charge is 0.371 e. The van der Waals surface area contributed by atoms with Crippen molar-refractivity contribution in [3.63, 3.8) is 0 Å². The summed E-state index contributed by atoms with van der Waals surface area (Å²) in [7, 11) is 0. The third-order valence-corrected chi connectivity index (χ3v) is 9.98. The molecule has 1 fully saturated rings. The SMILES string of the molecule is O=C(Cn1c(=O)sc2ccc(Cl)cc21)N1CCN(CCO)CC1.O=C(O)c1cc(=O)c2c(OCC(O)COc3cccc4oc(C(=O)O)cc(=O)c34)cccc2o1. The zero-order chi connectivity index (χ0) is 40.8. The number of piperazine rings is 1. The number of carboxylic acids is 2. The summed E-state index contributed by atoms with van der Waals surface area (Å²) in [4.78, 5) is 75.2. The van der Waals surface area contributed by atoms with Crippen LogP contribution in [0.1, 0.15) is 21.1 Å². The maximum atomic E-state index is 12.5. The molecule has 0 unspecified atom stereocenters. The molecule has 7 rings (SSSR count). The van der Waals surface area contributed by atoms with Crippen LogP contribution < -0.4 is 25.2 Å². The van der Waals surface area contributed by atoms with Gasteiger partial charge in [-0.15, -0.1) is 0 Å². The van der Waals surface area contributed by atoms with Crippen LogP contribution in [-0.2, 0) is 11.3 Å². The number of hydrogen-bond donors (Lipinski definition) is 4. The fourth-order valence-electron chi connectivity index (χ4n) is 6.01. The second kappa shape index (κ2) is 17.8. The molecule has 57 heavy (non-hydrogen) atoms. The molecule has 17 nitrogen and oxygen atoms in total. The van der Waals surface area contributed by atoms with Gasteiger partial charge in [0.1, 0.15) is 59.3 Å². The van der Waals surface area contributed by atoms with E-state index in [0.29, 0.717) is 30.2 Å². The number of thiazole rings is 1. The van der Waals surface area contributed by atoms with E-state index in [1.807, 2.05) is 0 Å². The number of fused-ring (bicyclic) bond motifs is 3. The third-order valence-electron chi connectivity index (χ3n) is 8.78. The first-order chi connectivity index (χ1) is 27.3. The first kappa shape index (κ1) is 40.6. The molecule has 0 saturated carbocycles. The molecular weight excluding hydrogens is 790 g/mol. The van der Waals surface area contributed by atoms with Gasteiger partial charge in [-0.25, -0.2) is 9.59 Å². The van der Waals surface area contributed by atoms with Crippen molar-refractivity contribution >= 4 is 72.9 Å². The van der Waals surface area contributed by atoms with Crippen LogP contribution in [0, 0.1) is 0 Å². The van der Waals surface area contributed by atoms with E-state index in [9.17, 15) is 33.9 Å². The maximum Gasteiger partial charge on any atom is 0.371 e. The lowest BCUT2D eigenvalue weighted by Gasteiger charge is -2.34. The molecule has 1 aliphatic heterocycles. The topological polar surface area (TPSA) is 239 Å². The maximum absolute atomic E-state index is 12.5. The van der Waals surface area contributed by atoms with Gasteiger partial charge < -0.3 is 43.6 Å². The third kappa shape index (κ3) is 9.50. The first-order valence-corrected chi connectivity index (χ1v) is 18.5. The highest BCUT2D eigenvalue weighted by atomic mass is 35.5. The number of carbonyl (C=O) groups is 3. The summed E-state index contributed by atoms with van der Waals surface area (Å²) < 4.78 is 23.8. The van der Waals surface area contributed by atoms with Gasteiger partial charge in [0.15, 0.2) is 10.9 Å². The number of nitrogens with zero attached hydrogens (tertiary/aromatic N) is 3. The minimum Gasteiger partial charge on any atom is -0.490 e. The summed E-state index contributed by atoms with van der Waals surface area (Å²) >= 11 is 7.12. The number of aromatic nitrogens is 1. The molecule has 4 heterocycles. The van der Waals surface area contributed by atoms with Gasteiger partial charge in [-0.3, -0.25) is 28.6 Å². The Balaban J connectivity index is 0.000000208. The normalized spacial score (nSPS) is 13.2. The largest absolute Gasteiger partial charge is 0.490 e. The Morgan fingerprint density at radius 2 is 1.33 bits per heavy atom. The number of carbonyl (C=O) groups excluding carboxylic acids is 1. The molecule has 19 heteroatoms. The zero-order valence-corrected chi connectivity index (χ0v) is 31.4. The number of hydrogen-bond acceptors (Lipinski definition) is 14. The predicted octanol–water partition coefficient (Wildman–Crippen LogP) is 2.97. The van der Waals surface area contributed by atoms with Crippen molar-refractivity contribution in [2.45, 2.75) is 12.6 Å². The Labute approximate surface area is 329 Å². The molecule has 0 aliphatic carbocycles. The second-order valence-electron chi connectivity index (χ2n) is 12.6. The van der Waals surface area contributed by atoms with E-state index in [-0.39, 0.29) is 70.6 Å². The van der Waals surface area contributed by atoms with Crippen LogP contribution >= 0.6 is 22.9 Å². The van der Waals surface area contributed by atoms with Crippen LogP contribution in [0.4, 0.5) is 0 Å². The lowest BCUT2D eigenvalue weighted by molar-refractivity contribution is -0.133. The van der Waals surface area contributed by atoms with E-state index in [2.05, 4.69) is 4.90 Å². The lowest BCUT2D eigenvalue weighted by atomic mass is 10.2. The van der Waals surface area contributed by atoms with Crippen LogP contribution in [0.2, 0.25) is 5.02 Å². The number of ether oxygens (including phenoxy) is 2. The number of aromatic carboxylic acids is 2. The zero-order valence-electron chi connectivity index (χ0n) is 29.8. The predicted molar refractivity (Wildman–Crippen MR) is 207 cm³/mol. The van der Waals surface area contributed by atoms with Gasteiger partial charge in [-0.05, 0) is 42.5 Å².